The number of carbonyl (C=O) groups is 2. The zero-order valence-corrected chi connectivity index (χ0v) is 10.4. The van der Waals surface area contributed by atoms with Crippen LogP contribution in [0.2, 0.25) is 0 Å². The molecule has 4 nitrogen and oxygen atoms in total. The molecule has 0 unspecified atom stereocenters. The number of nitrogens with one attached hydrogen (secondary N) is 1. The second kappa shape index (κ2) is 5.82. The third-order valence-electron chi connectivity index (χ3n) is 2.07. The number of amides is 1. The standard InChI is InChI=1S/C14H15NO3/c1-9(2)13(16)15-11-7-5-6-8-12(11)18-14(17)10(3)4/h5-8H,1,3H2,2,4H3,(H,15,16). The van der Waals surface area contributed by atoms with Crippen molar-refractivity contribution in [3.8, 4) is 5.75 Å². The summed E-state index contributed by atoms with van der Waals surface area (Å²) in [7, 11) is 0. The Hall–Kier alpha value is -2.36. The van der Waals surface area contributed by atoms with Gasteiger partial charge in [0.1, 0.15) is 0 Å². The Morgan fingerprint density at radius 1 is 1.11 bits per heavy atom. The van der Waals surface area contributed by atoms with Crippen LogP contribution in [0.25, 0.3) is 0 Å². The molecule has 18 heavy (non-hydrogen) atoms. The molecule has 0 atom stereocenters. The number of ether oxygens (including phenoxy) is 1. The molecule has 1 aromatic carbocycles. The topological polar surface area (TPSA) is 55.4 Å². The lowest BCUT2D eigenvalue weighted by Gasteiger charge is -2.10. The highest BCUT2D eigenvalue weighted by Crippen LogP contribution is 2.24. The summed E-state index contributed by atoms with van der Waals surface area (Å²) in [6.45, 7) is 10.2. The lowest BCUT2D eigenvalue weighted by molar-refractivity contribution is -0.130. The second-order valence-corrected chi connectivity index (χ2v) is 3.90. The highest BCUT2D eigenvalue weighted by Gasteiger charge is 2.11. The fraction of sp³-hybridized carbons (Fsp3) is 0.143. The average molecular weight is 245 g/mol. The van der Waals surface area contributed by atoms with E-state index in [0.717, 1.165) is 0 Å². The quantitative estimate of drug-likeness (QED) is 0.504. The zero-order valence-electron chi connectivity index (χ0n) is 10.4. The number of benzene rings is 1. The van der Waals surface area contributed by atoms with Gasteiger partial charge in [-0.25, -0.2) is 4.79 Å². The number of rotatable bonds is 4. The summed E-state index contributed by atoms with van der Waals surface area (Å²) >= 11 is 0. The van der Waals surface area contributed by atoms with Gasteiger partial charge in [-0.05, 0) is 26.0 Å². The Balaban J connectivity index is 2.93. The largest absolute Gasteiger partial charge is 0.421 e. The van der Waals surface area contributed by atoms with E-state index in [0.29, 0.717) is 11.3 Å². The van der Waals surface area contributed by atoms with Crippen molar-refractivity contribution in [2.45, 2.75) is 13.8 Å². The monoisotopic (exact) mass is 245 g/mol. The lowest BCUT2D eigenvalue weighted by Crippen LogP contribution is -2.15. The van der Waals surface area contributed by atoms with E-state index >= 15 is 0 Å². The van der Waals surface area contributed by atoms with Crippen LogP contribution in [0.3, 0.4) is 0 Å². The number of esters is 1. The Bertz CT molecular complexity index is 471. The first kappa shape index (κ1) is 13.7. The first-order chi connectivity index (χ1) is 8.41. The van der Waals surface area contributed by atoms with Crippen LogP contribution in [0.15, 0.2) is 48.6 Å². The van der Waals surface area contributed by atoms with Crippen LogP contribution >= 0.6 is 0 Å². The summed E-state index contributed by atoms with van der Waals surface area (Å²) in [6.07, 6.45) is 0. The van der Waals surface area contributed by atoms with Gasteiger partial charge in [-0.15, -0.1) is 0 Å². The van der Waals surface area contributed by atoms with Crippen LogP contribution in [0.5, 0.6) is 5.75 Å². The maximum Gasteiger partial charge on any atom is 0.338 e. The van der Waals surface area contributed by atoms with Crippen molar-refractivity contribution in [1.29, 1.82) is 0 Å². The van der Waals surface area contributed by atoms with Crippen molar-refractivity contribution in [3.63, 3.8) is 0 Å². The van der Waals surface area contributed by atoms with Crippen LogP contribution < -0.4 is 10.1 Å². The minimum Gasteiger partial charge on any atom is -0.421 e. The SMILES string of the molecule is C=C(C)C(=O)Nc1ccccc1OC(=O)C(=C)C. The maximum atomic E-state index is 11.5. The molecule has 0 radical (unpaired) electrons. The summed E-state index contributed by atoms with van der Waals surface area (Å²) in [5.41, 5.74) is 1.08. The molecule has 0 saturated carbocycles. The summed E-state index contributed by atoms with van der Waals surface area (Å²) in [6, 6.07) is 6.67. The van der Waals surface area contributed by atoms with E-state index in [1.807, 2.05) is 0 Å². The van der Waals surface area contributed by atoms with Crippen LogP contribution in [0.4, 0.5) is 5.69 Å². The van der Waals surface area contributed by atoms with E-state index in [4.69, 9.17) is 4.74 Å². The number of anilines is 1. The van der Waals surface area contributed by atoms with Crippen molar-refractivity contribution < 1.29 is 14.3 Å². The van der Waals surface area contributed by atoms with Crippen molar-refractivity contribution in [2.75, 3.05) is 5.32 Å². The Morgan fingerprint density at radius 3 is 2.28 bits per heavy atom. The first-order valence-electron chi connectivity index (χ1n) is 5.35. The molecule has 4 heteroatoms. The number of hydrogen-bond donors (Lipinski definition) is 1. The highest BCUT2D eigenvalue weighted by atomic mass is 16.5. The molecule has 0 aliphatic rings. The molecule has 1 N–H and O–H groups in total. The average Bonchev–Trinajstić information content (AvgIpc) is 2.31. The third-order valence-corrected chi connectivity index (χ3v) is 2.07. The van der Waals surface area contributed by atoms with Crippen molar-refractivity contribution in [3.05, 3.63) is 48.6 Å². The Kier molecular flexibility index (Phi) is 4.43. The lowest BCUT2D eigenvalue weighted by atomic mass is 10.2. The molecule has 0 saturated heterocycles. The smallest absolute Gasteiger partial charge is 0.338 e. The normalized spacial score (nSPS) is 9.44. The maximum absolute atomic E-state index is 11.5. The molecule has 1 amide bonds. The summed E-state index contributed by atoms with van der Waals surface area (Å²) in [5.74, 6) is -0.582. The van der Waals surface area contributed by atoms with Crippen LogP contribution in [-0.4, -0.2) is 11.9 Å². The molecule has 0 aliphatic carbocycles. The fourth-order valence-electron chi connectivity index (χ4n) is 1.07. The third kappa shape index (κ3) is 3.59. The van der Waals surface area contributed by atoms with Gasteiger partial charge < -0.3 is 10.1 Å². The fourth-order valence-corrected chi connectivity index (χ4v) is 1.07. The van der Waals surface area contributed by atoms with Gasteiger partial charge in [0.2, 0.25) is 0 Å². The number of hydrogen-bond acceptors (Lipinski definition) is 3. The number of para-hydroxylation sites is 2. The van der Waals surface area contributed by atoms with E-state index in [2.05, 4.69) is 18.5 Å². The van der Waals surface area contributed by atoms with Gasteiger partial charge in [-0.3, -0.25) is 4.79 Å². The van der Waals surface area contributed by atoms with Crippen molar-refractivity contribution in [1.82, 2.24) is 0 Å². The van der Waals surface area contributed by atoms with E-state index in [-0.39, 0.29) is 17.2 Å². The number of carbonyl (C=O) groups excluding carboxylic acids is 2. The highest BCUT2D eigenvalue weighted by molar-refractivity contribution is 6.04. The van der Waals surface area contributed by atoms with Gasteiger partial charge in [0.25, 0.3) is 5.91 Å². The molecule has 0 fully saturated rings. The molecule has 94 valence electrons. The molecule has 0 aromatic heterocycles. The van der Waals surface area contributed by atoms with Gasteiger partial charge in [0, 0.05) is 11.1 Å². The van der Waals surface area contributed by atoms with Gasteiger partial charge in [-0.2, -0.15) is 0 Å². The van der Waals surface area contributed by atoms with Crippen LogP contribution in [0.1, 0.15) is 13.8 Å². The molecule has 0 spiro atoms. The second-order valence-electron chi connectivity index (χ2n) is 3.90. The molecular weight excluding hydrogens is 230 g/mol. The minimum atomic E-state index is -0.535. The summed E-state index contributed by atoms with van der Waals surface area (Å²) in [5, 5.41) is 2.61. The molecule has 1 aromatic rings. The van der Waals surface area contributed by atoms with E-state index in [1.165, 1.54) is 0 Å². The molecular formula is C14H15NO3. The van der Waals surface area contributed by atoms with Gasteiger partial charge in [0.05, 0.1) is 5.69 Å². The molecule has 0 heterocycles. The van der Waals surface area contributed by atoms with E-state index in [9.17, 15) is 9.59 Å². The van der Waals surface area contributed by atoms with Crippen LogP contribution in [0, 0.1) is 0 Å². The molecule has 1 rings (SSSR count). The van der Waals surface area contributed by atoms with Crippen molar-refractivity contribution >= 4 is 17.6 Å². The van der Waals surface area contributed by atoms with Gasteiger partial charge >= 0.3 is 5.97 Å². The van der Waals surface area contributed by atoms with Gasteiger partial charge in [0.15, 0.2) is 5.75 Å². The van der Waals surface area contributed by atoms with Gasteiger partial charge in [-0.1, -0.05) is 25.3 Å². The van der Waals surface area contributed by atoms with Crippen LogP contribution in [-0.2, 0) is 9.59 Å². The summed E-state index contributed by atoms with van der Waals surface area (Å²) < 4.78 is 5.10. The summed E-state index contributed by atoms with van der Waals surface area (Å²) in [4.78, 5) is 22.9. The predicted octanol–water partition coefficient (Wildman–Crippen LogP) is 2.68. The minimum absolute atomic E-state index is 0.278. The Morgan fingerprint density at radius 2 is 1.72 bits per heavy atom. The molecule has 0 bridgehead atoms. The van der Waals surface area contributed by atoms with Crippen molar-refractivity contribution in [2.24, 2.45) is 0 Å². The predicted molar refractivity (Wildman–Crippen MR) is 70.3 cm³/mol. The Labute approximate surface area is 106 Å². The zero-order chi connectivity index (χ0) is 13.7. The van der Waals surface area contributed by atoms with E-state index in [1.54, 1.807) is 38.1 Å². The first-order valence-corrected chi connectivity index (χ1v) is 5.35. The molecule has 0 aliphatic heterocycles. The van der Waals surface area contributed by atoms with E-state index < -0.39 is 5.97 Å².